The molecule has 2 heteroatoms. The predicted molar refractivity (Wildman–Crippen MR) is 57.5 cm³/mol. The molecule has 14 heavy (non-hydrogen) atoms. The maximum Gasteiger partial charge on any atom is 0.335 e. The molecule has 0 bridgehead atoms. The van der Waals surface area contributed by atoms with Gasteiger partial charge in [-0.3, -0.25) is 0 Å². The van der Waals surface area contributed by atoms with Gasteiger partial charge in [-0.2, -0.15) is 0 Å². The average molecular weight is 190 g/mol. The zero-order chi connectivity index (χ0) is 10.7. The van der Waals surface area contributed by atoms with Crippen LogP contribution in [0.3, 0.4) is 0 Å². The third kappa shape index (κ3) is 1.84. The molecule has 0 aromatic heterocycles. The number of carboxylic acid groups (broad SMARTS) is 1. The molecule has 0 saturated heterocycles. The fourth-order valence-corrected chi connectivity index (χ4v) is 1.44. The van der Waals surface area contributed by atoms with Crippen molar-refractivity contribution in [2.75, 3.05) is 0 Å². The molecule has 0 amide bonds. The van der Waals surface area contributed by atoms with Crippen molar-refractivity contribution in [2.45, 2.75) is 20.3 Å². The van der Waals surface area contributed by atoms with Gasteiger partial charge in [-0.1, -0.05) is 25.6 Å². The SMILES string of the molecule is C=C(CC)c1cccc(C(=O)O)c1C. The molecule has 0 fully saturated rings. The van der Waals surface area contributed by atoms with Crippen molar-refractivity contribution in [3.05, 3.63) is 41.5 Å². The highest BCUT2D eigenvalue weighted by Crippen LogP contribution is 2.22. The number of allylic oxidation sites excluding steroid dienone is 1. The Morgan fingerprint density at radius 1 is 1.43 bits per heavy atom. The summed E-state index contributed by atoms with van der Waals surface area (Å²) in [5, 5.41) is 8.91. The second-order valence-corrected chi connectivity index (χ2v) is 3.24. The lowest BCUT2D eigenvalue weighted by Gasteiger charge is -2.09. The quantitative estimate of drug-likeness (QED) is 0.795. The Morgan fingerprint density at radius 2 is 2.00 bits per heavy atom. The molecule has 0 unspecified atom stereocenters. The van der Waals surface area contributed by atoms with E-state index in [0.717, 1.165) is 23.1 Å². The van der Waals surface area contributed by atoms with Crippen LogP contribution < -0.4 is 0 Å². The maximum atomic E-state index is 10.9. The van der Waals surface area contributed by atoms with Crippen molar-refractivity contribution in [1.29, 1.82) is 0 Å². The third-order valence-corrected chi connectivity index (χ3v) is 2.37. The molecule has 0 aliphatic rings. The lowest BCUT2D eigenvalue weighted by molar-refractivity contribution is 0.0696. The molecule has 1 N–H and O–H groups in total. The van der Waals surface area contributed by atoms with Gasteiger partial charge in [-0.05, 0) is 36.1 Å². The first-order chi connectivity index (χ1) is 6.57. The Hall–Kier alpha value is -1.57. The predicted octanol–water partition coefficient (Wildman–Crippen LogP) is 3.12. The van der Waals surface area contributed by atoms with Gasteiger partial charge in [0.25, 0.3) is 0 Å². The van der Waals surface area contributed by atoms with Crippen LogP contribution in [0, 0.1) is 6.92 Å². The number of hydrogen-bond donors (Lipinski definition) is 1. The Balaban J connectivity index is 3.27. The van der Waals surface area contributed by atoms with E-state index >= 15 is 0 Å². The van der Waals surface area contributed by atoms with E-state index in [9.17, 15) is 4.79 Å². The Labute approximate surface area is 83.9 Å². The Morgan fingerprint density at radius 3 is 2.50 bits per heavy atom. The minimum Gasteiger partial charge on any atom is -0.478 e. The van der Waals surface area contributed by atoms with Gasteiger partial charge in [-0.25, -0.2) is 4.79 Å². The fourth-order valence-electron chi connectivity index (χ4n) is 1.44. The number of benzene rings is 1. The van der Waals surface area contributed by atoms with Crippen LogP contribution >= 0.6 is 0 Å². The smallest absolute Gasteiger partial charge is 0.335 e. The summed E-state index contributed by atoms with van der Waals surface area (Å²) in [5.41, 5.74) is 3.09. The van der Waals surface area contributed by atoms with Gasteiger partial charge in [-0.15, -0.1) is 0 Å². The Kier molecular flexibility index (Phi) is 3.07. The van der Waals surface area contributed by atoms with Gasteiger partial charge >= 0.3 is 5.97 Å². The number of carbonyl (C=O) groups is 1. The summed E-state index contributed by atoms with van der Waals surface area (Å²) < 4.78 is 0. The second kappa shape index (κ2) is 4.09. The molecular weight excluding hydrogens is 176 g/mol. The molecule has 0 heterocycles. The first kappa shape index (κ1) is 10.5. The molecule has 0 aliphatic heterocycles. The zero-order valence-electron chi connectivity index (χ0n) is 8.50. The van der Waals surface area contributed by atoms with Gasteiger partial charge in [0.1, 0.15) is 0 Å². The molecule has 0 aliphatic carbocycles. The summed E-state index contributed by atoms with van der Waals surface area (Å²) in [6.45, 7) is 7.74. The largest absolute Gasteiger partial charge is 0.478 e. The highest BCUT2D eigenvalue weighted by atomic mass is 16.4. The fraction of sp³-hybridized carbons (Fsp3) is 0.250. The van der Waals surface area contributed by atoms with E-state index in [2.05, 4.69) is 6.58 Å². The molecule has 0 atom stereocenters. The topological polar surface area (TPSA) is 37.3 Å². The first-order valence-corrected chi connectivity index (χ1v) is 4.59. The van der Waals surface area contributed by atoms with Crippen LogP contribution in [0.5, 0.6) is 0 Å². The van der Waals surface area contributed by atoms with Crippen LogP contribution in [0.2, 0.25) is 0 Å². The van der Waals surface area contributed by atoms with Crippen LogP contribution in [-0.4, -0.2) is 11.1 Å². The normalized spacial score (nSPS) is 9.86. The van der Waals surface area contributed by atoms with Crippen molar-refractivity contribution in [3.8, 4) is 0 Å². The summed E-state index contributed by atoms with van der Waals surface area (Å²) in [6.07, 6.45) is 0.837. The molecule has 1 rings (SSSR count). The first-order valence-electron chi connectivity index (χ1n) is 4.59. The van der Waals surface area contributed by atoms with Crippen LogP contribution in [0.15, 0.2) is 24.8 Å². The van der Waals surface area contributed by atoms with Crippen LogP contribution in [-0.2, 0) is 0 Å². The zero-order valence-corrected chi connectivity index (χ0v) is 8.50. The van der Waals surface area contributed by atoms with E-state index in [4.69, 9.17) is 5.11 Å². The van der Waals surface area contributed by atoms with E-state index in [1.165, 1.54) is 0 Å². The van der Waals surface area contributed by atoms with Gasteiger partial charge in [0.2, 0.25) is 0 Å². The molecule has 2 nitrogen and oxygen atoms in total. The van der Waals surface area contributed by atoms with Crippen molar-refractivity contribution in [1.82, 2.24) is 0 Å². The number of carboxylic acids is 1. The highest BCUT2D eigenvalue weighted by Gasteiger charge is 2.10. The third-order valence-electron chi connectivity index (χ3n) is 2.37. The minimum atomic E-state index is -0.881. The summed E-state index contributed by atoms with van der Waals surface area (Å²) in [6, 6.07) is 5.28. The standard InChI is InChI=1S/C12H14O2/c1-4-8(2)10-6-5-7-11(9(10)3)12(13)14/h5-7H,2,4H2,1,3H3,(H,13,14). The summed E-state index contributed by atoms with van der Waals surface area (Å²) >= 11 is 0. The van der Waals surface area contributed by atoms with E-state index in [1.54, 1.807) is 12.1 Å². The lowest BCUT2D eigenvalue weighted by atomic mass is 9.96. The van der Waals surface area contributed by atoms with Gasteiger partial charge in [0.15, 0.2) is 0 Å². The van der Waals surface area contributed by atoms with Gasteiger partial charge < -0.3 is 5.11 Å². The average Bonchev–Trinajstić information content (AvgIpc) is 2.16. The molecule has 0 radical (unpaired) electrons. The minimum absolute atomic E-state index is 0.358. The second-order valence-electron chi connectivity index (χ2n) is 3.24. The summed E-state index contributed by atoms with van der Waals surface area (Å²) in [4.78, 5) is 10.9. The molecule has 0 saturated carbocycles. The van der Waals surface area contributed by atoms with E-state index < -0.39 is 5.97 Å². The molecular formula is C12H14O2. The maximum absolute atomic E-state index is 10.9. The summed E-state index contributed by atoms with van der Waals surface area (Å²) in [7, 11) is 0. The van der Waals surface area contributed by atoms with Gasteiger partial charge in [0.05, 0.1) is 5.56 Å². The van der Waals surface area contributed by atoms with Crippen molar-refractivity contribution in [2.24, 2.45) is 0 Å². The van der Waals surface area contributed by atoms with E-state index in [1.807, 2.05) is 19.9 Å². The highest BCUT2D eigenvalue weighted by molar-refractivity contribution is 5.91. The van der Waals surface area contributed by atoms with Gasteiger partial charge in [0, 0.05) is 0 Å². The van der Waals surface area contributed by atoms with Crippen molar-refractivity contribution < 1.29 is 9.90 Å². The van der Waals surface area contributed by atoms with E-state index in [0.29, 0.717) is 5.56 Å². The number of hydrogen-bond acceptors (Lipinski definition) is 1. The monoisotopic (exact) mass is 190 g/mol. The molecule has 1 aromatic carbocycles. The number of aromatic carboxylic acids is 1. The molecule has 0 spiro atoms. The Bertz CT molecular complexity index is 378. The molecule has 1 aromatic rings. The summed E-state index contributed by atoms with van der Waals surface area (Å²) in [5.74, 6) is -0.881. The number of rotatable bonds is 3. The van der Waals surface area contributed by atoms with Crippen molar-refractivity contribution in [3.63, 3.8) is 0 Å². The van der Waals surface area contributed by atoms with Crippen LogP contribution in [0.4, 0.5) is 0 Å². The van der Waals surface area contributed by atoms with E-state index in [-0.39, 0.29) is 0 Å². The van der Waals surface area contributed by atoms with Crippen molar-refractivity contribution >= 4 is 11.5 Å². The van der Waals surface area contributed by atoms with Crippen LogP contribution in [0.25, 0.3) is 5.57 Å². The molecule has 74 valence electrons. The van der Waals surface area contributed by atoms with Crippen LogP contribution in [0.1, 0.15) is 34.8 Å². The lowest BCUT2D eigenvalue weighted by Crippen LogP contribution is -2.01.